The molecule has 3 rings (SSSR count). The van der Waals surface area contributed by atoms with E-state index in [2.05, 4.69) is 27.2 Å². The van der Waals surface area contributed by atoms with Crippen LogP contribution in [0.3, 0.4) is 0 Å². The lowest BCUT2D eigenvalue weighted by Gasteiger charge is -2.10. The first-order valence-corrected chi connectivity index (χ1v) is 8.23. The van der Waals surface area contributed by atoms with E-state index in [1.165, 1.54) is 0 Å². The molecule has 7 heteroatoms. The molecule has 0 atom stereocenters. The lowest BCUT2D eigenvalue weighted by atomic mass is 10.3. The van der Waals surface area contributed by atoms with Gasteiger partial charge in [0.15, 0.2) is 5.52 Å². The molecule has 0 fully saturated rings. The molecule has 0 aliphatic carbocycles. The van der Waals surface area contributed by atoms with Crippen molar-refractivity contribution in [2.45, 2.75) is 13.3 Å². The van der Waals surface area contributed by atoms with Gasteiger partial charge in [-0.05, 0) is 30.7 Å². The SMILES string of the molecule is CCCOCCOc1nc(N)nc2ccc(Nc3ccccc3)nc12. The molecular formula is C18H21N5O2. The van der Waals surface area contributed by atoms with E-state index in [1.807, 2.05) is 42.5 Å². The van der Waals surface area contributed by atoms with Crippen molar-refractivity contribution in [3.05, 3.63) is 42.5 Å². The number of nitrogens with two attached hydrogens (primary N) is 1. The van der Waals surface area contributed by atoms with E-state index in [0.29, 0.717) is 42.6 Å². The molecule has 0 aliphatic heterocycles. The molecule has 0 amide bonds. The van der Waals surface area contributed by atoms with Crippen molar-refractivity contribution in [2.75, 3.05) is 30.9 Å². The van der Waals surface area contributed by atoms with Crippen LogP contribution in [0.1, 0.15) is 13.3 Å². The topological polar surface area (TPSA) is 95.2 Å². The third-order valence-electron chi connectivity index (χ3n) is 3.39. The van der Waals surface area contributed by atoms with Crippen molar-refractivity contribution in [1.82, 2.24) is 15.0 Å². The van der Waals surface area contributed by atoms with Crippen molar-refractivity contribution < 1.29 is 9.47 Å². The maximum atomic E-state index is 5.76. The van der Waals surface area contributed by atoms with Gasteiger partial charge >= 0.3 is 0 Å². The van der Waals surface area contributed by atoms with Crippen LogP contribution in [-0.4, -0.2) is 34.8 Å². The minimum Gasteiger partial charge on any atom is -0.474 e. The van der Waals surface area contributed by atoms with Crippen LogP contribution in [0.25, 0.3) is 11.0 Å². The lowest BCUT2D eigenvalue weighted by molar-refractivity contribution is 0.0995. The number of benzene rings is 1. The normalized spacial score (nSPS) is 10.8. The van der Waals surface area contributed by atoms with Crippen LogP contribution >= 0.6 is 0 Å². The van der Waals surface area contributed by atoms with Crippen LogP contribution in [0.15, 0.2) is 42.5 Å². The molecule has 0 unspecified atom stereocenters. The molecule has 0 saturated carbocycles. The molecule has 0 aliphatic rings. The molecule has 7 nitrogen and oxygen atoms in total. The second-order valence-electron chi connectivity index (χ2n) is 5.40. The Labute approximate surface area is 146 Å². The van der Waals surface area contributed by atoms with Crippen molar-refractivity contribution in [2.24, 2.45) is 0 Å². The Morgan fingerprint density at radius 2 is 1.80 bits per heavy atom. The summed E-state index contributed by atoms with van der Waals surface area (Å²) in [5.41, 5.74) is 7.90. The Balaban J connectivity index is 1.81. The van der Waals surface area contributed by atoms with Gasteiger partial charge in [0.25, 0.3) is 0 Å². The van der Waals surface area contributed by atoms with E-state index < -0.39 is 0 Å². The van der Waals surface area contributed by atoms with E-state index >= 15 is 0 Å². The summed E-state index contributed by atoms with van der Waals surface area (Å²) in [6, 6.07) is 13.5. The first-order chi connectivity index (χ1) is 12.3. The number of fused-ring (bicyclic) bond motifs is 1. The molecule has 3 N–H and O–H groups in total. The Bertz CT molecular complexity index is 826. The number of nitrogens with zero attached hydrogens (tertiary/aromatic N) is 3. The Morgan fingerprint density at radius 3 is 2.60 bits per heavy atom. The van der Waals surface area contributed by atoms with E-state index in [0.717, 1.165) is 12.1 Å². The molecule has 3 aromatic rings. The van der Waals surface area contributed by atoms with Gasteiger partial charge in [-0.3, -0.25) is 0 Å². The first kappa shape index (κ1) is 16.9. The number of hydrogen-bond donors (Lipinski definition) is 2. The predicted molar refractivity (Wildman–Crippen MR) is 98.1 cm³/mol. The van der Waals surface area contributed by atoms with Gasteiger partial charge in [0, 0.05) is 12.3 Å². The van der Waals surface area contributed by atoms with Gasteiger partial charge in [0.1, 0.15) is 12.4 Å². The third kappa shape index (κ3) is 4.54. The lowest BCUT2D eigenvalue weighted by Crippen LogP contribution is -2.10. The minimum atomic E-state index is 0.155. The highest BCUT2D eigenvalue weighted by Crippen LogP contribution is 2.24. The number of aromatic nitrogens is 3. The van der Waals surface area contributed by atoms with Gasteiger partial charge in [0.05, 0.1) is 12.1 Å². The molecule has 130 valence electrons. The van der Waals surface area contributed by atoms with Crippen LogP contribution in [0.4, 0.5) is 17.5 Å². The number of rotatable bonds is 8. The van der Waals surface area contributed by atoms with Crippen LogP contribution in [0.5, 0.6) is 5.88 Å². The van der Waals surface area contributed by atoms with E-state index in [1.54, 1.807) is 0 Å². The summed E-state index contributed by atoms with van der Waals surface area (Å²) >= 11 is 0. The summed E-state index contributed by atoms with van der Waals surface area (Å²) in [6.45, 7) is 3.63. The monoisotopic (exact) mass is 339 g/mol. The van der Waals surface area contributed by atoms with E-state index in [-0.39, 0.29) is 5.95 Å². The van der Waals surface area contributed by atoms with Crippen molar-refractivity contribution in [1.29, 1.82) is 0 Å². The number of nitrogens with one attached hydrogen (secondary N) is 1. The van der Waals surface area contributed by atoms with E-state index in [4.69, 9.17) is 15.2 Å². The summed E-state index contributed by atoms with van der Waals surface area (Å²) in [6.07, 6.45) is 0.972. The molecule has 2 aromatic heterocycles. The van der Waals surface area contributed by atoms with Crippen LogP contribution in [0.2, 0.25) is 0 Å². The molecule has 0 radical (unpaired) electrons. The Morgan fingerprint density at radius 1 is 0.960 bits per heavy atom. The largest absolute Gasteiger partial charge is 0.474 e. The third-order valence-corrected chi connectivity index (χ3v) is 3.39. The molecule has 1 aromatic carbocycles. The standard InChI is InChI=1S/C18H21N5O2/c1-2-10-24-11-12-25-17-16-14(21-18(19)23-17)8-9-15(22-16)20-13-6-4-3-5-7-13/h3-9H,2,10-12H2,1H3,(H,20,22)(H2,19,21,23). The Kier molecular flexibility index (Phi) is 5.58. The van der Waals surface area contributed by atoms with Gasteiger partial charge in [-0.2, -0.15) is 4.98 Å². The first-order valence-electron chi connectivity index (χ1n) is 8.23. The number of hydrogen-bond acceptors (Lipinski definition) is 7. The maximum Gasteiger partial charge on any atom is 0.245 e. The fraction of sp³-hybridized carbons (Fsp3) is 0.278. The average Bonchev–Trinajstić information content (AvgIpc) is 2.62. The zero-order valence-electron chi connectivity index (χ0n) is 14.1. The summed E-state index contributed by atoms with van der Waals surface area (Å²) < 4.78 is 11.1. The van der Waals surface area contributed by atoms with Crippen LogP contribution in [0, 0.1) is 0 Å². The fourth-order valence-corrected chi connectivity index (χ4v) is 2.29. The van der Waals surface area contributed by atoms with Crippen LogP contribution < -0.4 is 15.8 Å². The molecule has 25 heavy (non-hydrogen) atoms. The Hall–Kier alpha value is -2.93. The quantitative estimate of drug-likeness (QED) is 0.609. The smallest absolute Gasteiger partial charge is 0.245 e. The number of nitrogen functional groups attached to an aromatic ring is 1. The average molecular weight is 339 g/mol. The highest BCUT2D eigenvalue weighted by atomic mass is 16.5. The van der Waals surface area contributed by atoms with Gasteiger partial charge in [-0.1, -0.05) is 25.1 Å². The number of para-hydroxylation sites is 1. The molecule has 0 saturated heterocycles. The van der Waals surface area contributed by atoms with Crippen LogP contribution in [-0.2, 0) is 4.74 Å². The van der Waals surface area contributed by atoms with Crippen molar-refractivity contribution in [3.63, 3.8) is 0 Å². The summed E-state index contributed by atoms with van der Waals surface area (Å²) in [5, 5.41) is 3.24. The molecule has 0 spiro atoms. The van der Waals surface area contributed by atoms with Gasteiger partial charge in [-0.15, -0.1) is 0 Å². The number of pyridine rings is 1. The zero-order chi connectivity index (χ0) is 17.5. The van der Waals surface area contributed by atoms with E-state index in [9.17, 15) is 0 Å². The van der Waals surface area contributed by atoms with Gasteiger partial charge < -0.3 is 20.5 Å². The zero-order valence-corrected chi connectivity index (χ0v) is 14.1. The highest BCUT2D eigenvalue weighted by Gasteiger charge is 2.10. The summed E-state index contributed by atoms with van der Waals surface area (Å²) in [5.74, 6) is 1.20. The second-order valence-corrected chi connectivity index (χ2v) is 5.40. The maximum absolute atomic E-state index is 5.76. The predicted octanol–water partition coefficient (Wildman–Crippen LogP) is 3.16. The fourth-order valence-electron chi connectivity index (χ4n) is 2.29. The second kappa shape index (κ2) is 8.25. The molecule has 0 bridgehead atoms. The van der Waals surface area contributed by atoms with Gasteiger partial charge in [0.2, 0.25) is 11.8 Å². The van der Waals surface area contributed by atoms with Crippen molar-refractivity contribution >= 4 is 28.5 Å². The number of anilines is 3. The van der Waals surface area contributed by atoms with Crippen molar-refractivity contribution in [3.8, 4) is 5.88 Å². The minimum absolute atomic E-state index is 0.155. The summed E-state index contributed by atoms with van der Waals surface area (Å²) in [4.78, 5) is 12.9. The molecule has 2 heterocycles. The summed E-state index contributed by atoms with van der Waals surface area (Å²) in [7, 11) is 0. The highest BCUT2D eigenvalue weighted by molar-refractivity contribution is 5.82. The van der Waals surface area contributed by atoms with Gasteiger partial charge in [-0.25, -0.2) is 9.97 Å². The number of ether oxygens (including phenoxy) is 2. The molecular weight excluding hydrogens is 318 g/mol.